The molecule has 0 bridgehead atoms. The number of allylic oxidation sites excluding steroid dienone is 15. The van der Waals surface area contributed by atoms with Crippen LogP contribution in [-0.4, -0.2) is 131 Å². The molecule has 2 unspecified atom stereocenters. The lowest BCUT2D eigenvalue weighted by molar-refractivity contribution is -0.451. The number of carboxylic acid groups (broad SMARTS) is 2. The van der Waals surface area contributed by atoms with E-state index in [1.54, 1.807) is 12.1 Å². The van der Waals surface area contributed by atoms with Crippen molar-refractivity contribution >= 4 is 93.1 Å². The van der Waals surface area contributed by atoms with E-state index in [0.717, 1.165) is 101 Å². The van der Waals surface area contributed by atoms with Crippen molar-refractivity contribution in [2.75, 3.05) is 36.0 Å². The van der Waals surface area contributed by atoms with Gasteiger partial charge in [-0.25, -0.2) is 39.8 Å². The molecule has 0 fully saturated rings. The molecule has 22 nitrogen and oxygen atoms in total. The third-order valence-electron chi connectivity index (χ3n) is 28.0. The van der Waals surface area contributed by atoms with Gasteiger partial charge in [0.15, 0.2) is 34.2 Å². The number of aliphatic hydroxyl groups is 1. The zero-order valence-electron chi connectivity index (χ0n) is 85.1. The monoisotopic (exact) mass is 1960 g/mol. The van der Waals surface area contributed by atoms with Crippen LogP contribution in [0.3, 0.4) is 0 Å². The first-order valence-electron chi connectivity index (χ1n) is 48.4. The molecule has 0 amide bonds. The maximum Gasteiger partial charge on any atom is 0.336 e. The Kier molecular flexibility index (Phi) is 31.1. The third kappa shape index (κ3) is 20.9. The highest BCUT2D eigenvalue weighted by Gasteiger charge is 2.48. The molecule has 740 valence electrons. The Morgan fingerprint density at radius 1 is 0.553 bits per heavy atom. The molecular formula is C116H133N6O16S3+. The number of ether oxygens (including phenoxy) is 1. The molecule has 0 saturated carbocycles. The summed E-state index contributed by atoms with van der Waals surface area (Å²) < 4.78 is 125. The second-order valence-electron chi connectivity index (χ2n) is 40.4. The first kappa shape index (κ1) is 106. The number of hydrogen-bond acceptors (Lipinski definition) is 16. The maximum atomic E-state index is 12.4. The number of aliphatic hydroxyl groups excluding tert-OH is 1. The number of aromatic carboxylic acids is 2. The smallest absolute Gasteiger partial charge is 0.336 e. The molecule has 141 heavy (non-hydrogen) atoms. The fourth-order valence-electron chi connectivity index (χ4n) is 20.9. The minimum absolute atomic E-state index is 0.00981. The van der Waals surface area contributed by atoms with Crippen LogP contribution in [0.2, 0.25) is 0 Å². The molecule has 0 aromatic heterocycles. The molecule has 0 saturated heterocycles. The van der Waals surface area contributed by atoms with Crippen LogP contribution in [0.4, 0.5) is 22.7 Å². The number of rotatable bonds is 24. The highest BCUT2D eigenvalue weighted by atomic mass is 32.2. The lowest BCUT2D eigenvalue weighted by atomic mass is 9.72. The molecule has 2 aliphatic carbocycles. The second-order valence-corrected chi connectivity index (χ2v) is 44.4. The lowest BCUT2D eigenvalue weighted by Crippen LogP contribution is -2.72. The molecule has 0 spiro atoms. The van der Waals surface area contributed by atoms with Gasteiger partial charge in [0.25, 0.3) is 0 Å². The van der Waals surface area contributed by atoms with Gasteiger partial charge in [0.2, 0.25) is 22.4 Å². The van der Waals surface area contributed by atoms with Crippen LogP contribution in [-0.2, 0) is 58.4 Å². The largest absolute Gasteiger partial charge is 0.744 e. The molecule has 6 aliphatic heterocycles. The van der Waals surface area contributed by atoms with E-state index in [2.05, 4.69) is 308 Å². The number of carbonyl (C=O) groups is 2. The predicted octanol–water partition coefficient (Wildman–Crippen LogP) is 20.2. The van der Waals surface area contributed by atoms with Crippen molar-refractivity contribution in [2.45, 2.75) is 245 Å². The Labute approximate surface area is 831 Å². The average Bonchev–Trinajstić information content (AvgIpc) is 1.22. The summed E-state index contributed by atoms with van der Waals surface area (Å²) in [4.78, 5) is 30.9. The van der Waals surface area contributed by atoms with Gasteiger partial charge in [-0.3, -0.25) is 5.41 Å². The van der Waals surface area contributed by atoms with Crippen LogP contribution < -0.4 is 30.3 Å². The molecule has 6 N–H and O–H groups in total. The van der Waals surface area contributed by atoms with Crippen LogP contribution >= 0.6 is 0 Å². The van der Waals surface area contributed by atoms with E-state index >= 15 is 0 Å². The van der Waals surface area contributed by atoms with Crippen molar-refractivity contribution in [1.82, 2.24) is 0 Å². The molecule has 16 rings (SSSR count). The van der Waals surface area contributed by atoms with Crippen LogP contribution in [0.1, 0.15) is 257 Å². The Bertz CT molecular complexity index is 7430. The van der Waals surface area contributed by atoms with Crippen molar-refractivity contribution in [1.29, 1.82) is 0 Å². The van der Waals surface area contributed by atoms with E-state index in [1.807, 2.05) is 38.1 Å². The molecule has 0 radical (unpaired) electrons. The van der Waals surface area contributed by atoms with E-state index < -0.39 is 74.2 Å². The summed E-state index contributed by atoms with van der Waals surface area (Å²) in [7, 11) is -14.9. The average molecular weight is 1960 g/mol. The number of fused-ring (bicyclic) bond motifs is 8. The zero-order valence-corrected chi connectivity index (χ0v) is 87.5. The quantitative estimate of drug-likeness (QED) is 0.0162. The molecule has 8 aromatic carbocycles. The number of para-hydroxylation sites is 2. The van der Waals surface area contributed by atoms with E-state index in [9.17, 15) is 63.8 Å². The summed E-state index contributed by atoms with van der Waals surface area (Å²) in [6.07, 6.45) is 28.6. The van der Waals surface area contributed by atoms with Gasteiger partial charge < -0.3 is 47.9 Å². The number of anilines is 2. The van der Waals surface area contributed by atoms with E-state index in [0.29, 0.717) is 17.2 Å². The number of hydrogen-bond donors (Lipinski definition) is 5. The van der Waals surface area contributed by atoms with Crippen LogP contribution in [0, 0.1) is 26.7 Å². The van der Waals surface area contributed by atoms with Gasteiger partial charge >= 0.3 is 11.9 Å². The SMILES string of the molecule is CC(C)N1\C(=C/C=C/C=C/C2=[N+](CCCO)c3ccccc3C2(C)C)C(C)(C)c2ccccc21.CCCc1cc2c(cc1C)C(c1ccc(C(C)C)cc1C(=O)O)C1C=C(C)C(=[NH+]CC)C=C1O2.CC[N+]1=C(C=CC=CC=C2N(C(C)C)c3ccc(S(=O)(=O)[O-])cc3C2(C)C)C(C)(C)c2cc(C)ccc21.Cc1ccc2c(-c3ccc(C(C)C)cc3C(=O)O)c3ccc(=[NH2+])c(S(=O)(=O)[O-])c-3oc2c1S(=O)(=O)[O-]. The fourth-order valence-corrected chi connectivity index (χ4v) is 22.9. The number of benzene rings is 9. The standard InChI is InChI=1S/C31H38N2O3S.C31H39N2O.C30H35NO3.C24H21NO9S2/c1-9-32-26-17-15-22(4)19-24(26)30(5,6)28(32)13-11-10-12-14-29-31(7,8)25-20-23(37(34,35)36)16-18-27(25)33(29)21(2)3;1-23(2)33-27-18-13-11-16-25(27)31(5,6)29(33)20-9-7-8-19-28-30(3,4)24-15-10-12-17-26(24)32(28)21-14-22-34;1-7-9-21-15-27-24(12-18(21)5)29(22-11-10-20(17(3)4)14-23(22)30(32)33)25-13-19(6)26(31-8-2)16-28(25)34-27;1-11(2)13-5-7-14(17(10-13)24(26)27)19-15-6-4-12(3)22(35(28,29)30)20(15)34-21-16(19)8-9-18(25)23(21)36(31,32)33/h10-21H,9H2,1-8H3;7-13,15-20,23,34H,14,21-22H2,1-6H3;10-17,25,29H,7-9H2,1-6H3,(H,32,33);4-11,25H,1-3H3,(H,26,27)(H,28,29,30)(H,31,32,33)/q;+1;;. The highest BCUT2D eigenvalue weighted by molar-refractivity contribution is 7.86. The summed E-state index contributed by atoms with van der Waals surface area (Å²) in [5, 5.41) is 35.0. The Hall–Kier alpha value is -12.6. The van der Waals surface area contributed by atoms with Gasteiger partial charge in [-0.1, -0.05) is 202 Å². The van der Waals surface area contributed by atoms with E-state index in [1.165, 1.54) is 117 Å². The van der Waals surface area contributed by atoms with Crippen LogP contribution in [0.15, 0.2) is 272 Å². The third-order valence-corrected chi connectivity index (χ3v) is 30.7. The van der Waals surface area contributed by atoms with Crippen molar-refractivity contribution in [3.05, 3.63) is 337 Å². The van der Waals surface area contributed by atoms with Gasteiger partial charge in [0.1, 0.15) is 59.8 Å². The first-order valence-corrected chi connectivity index (χ1v) is 52.6. The van der Waals surface area contributed by atoms with E-state index in [4.69, 9.17) is 14.6 Å². The van der Waals surface area contributed by atoms with Gasteiger partial charge in [0.05, 0.1) is 26.9 Å². The Morgan fingerprint density at radius 2 is 1.11 bits per heavy atom. The van der Waals surface area contributed by atoms with Crippen molar-refractivity contribution in [3.63, 3.8) is 0 Å². The fraction of sp³-hybridized carbons (Fsp3) is 0.345. The molecule has 6 heterocycles. The second kappa shape index (κ2) is 41.5. The van der Waals surface area contributed by atoms with Gasteiger partial charge in [-0.15, -0.1) is 0 Å². The van der Waals surface area contributed by atoms with E-state index in [-0.39, 0.29) is 90.7 Å². The lowest BCUT2D eigenvalue weighted by Gasteiger charge is -2.37. The van der Waals surface area contributed by atoms with Crippen LogP contribution in [0.25, 0.3) is 33.4 Å². The number of aryl methyl sites for hydroxylation is 4. The van der Waals surface area contributed by atoms with Gasteiger partial charge in [0, 0.05) is 146 Å². The minimum Gasteiger partial charge on any atom is -0.744 e. The normalized spacial score (nSPS) is 18.0. The highest BCUT2D eigenvalue weighted by Crippen LogP contribution is 2.54. The first-order chi connectivity index (χ1) is 66.3. The molecule has 25 heteroatoms. The summed E-state index contributed by atoms with van der Waals surface area (Å²) in [5.74, 6) is -1.01. The number of nitrogens with two attached hydrogens (primary N) is 1. The zero-order chi connectivity index (χ0) is 103. The number of carboxylic acids is 2. The van der Waals surface area contributed by atoms with Crippen molar-refractivity contribution in [2.24, 2.45) is 5.92 Å². The van der Waals surface area contributed by atoms with Crippen LogP contribution in [0.5, 0.6) is 5.75 Å². The maximum absolute atomic E-state index is 12.4. The van der Waals surface area contributed by atoms with Gasteiger partial charge in [-0.05, 0) is 232 Å². The topological polar surface area (TPSA) is 341 Å². The van der Waals surface area contributed by atoms with Gasteiger partial charge in [-0.2, -0.15) is 9.15 Å². The number of nitrogens with zero attached hydrogens (tertiary/aromatic N) is 4. The summed E-state index contributed by atoms with van der Waals surface area (Å²) in [5.41, 5.74) is 23.6. The summed E-state index contributed by atoms with van der Waals surface area (Å²) >= 11 is 0. The molecule has 8 aromatic rings. The van der Waals surface area contributed by atoms with Crippen molar-refractivity contribution < 1.29 is 92.5 Å². The molecular weight excluding hydrogens is 1830 g/mol. The van der Waals surface area contributed by atoms with Crippen molar-refractivity contribution in [3.8, 4) is 28.2 Å². The Morgan fingerprint density at radius 3 is 1.69 bits per heavy atom. The Balaban J connectivity index is 0.000000158. The summed E-state index contributed by atoms with van der Waals surface area (Å²) in [6.45, 7) is 51.5. The summed E-state index contributed by atoms with van der Waals surface area (Å²) in [6, 6.07) is 49.6. The number of nitrogens with one attached hydrogen (secondary N) is 1. The molecule has 2 atom stereocenters. The minimum atomic E-state index is -5.24. The predicted molar refractivity (Wildman–Crippen MR) is 558 cm³/mol. The molecule has 8 aliphatic rings.